The van der Waals surface area contributed by atoms with Gasteiger partial charge in [-0.05, 0) is 55.9 Å². The van der Waals surface area contributed by atoms with E-state index < -0.39 is 11.7 Å². The minimum atomic E-state index is -4.35. The summed E-state index contributed by atoms with van der Waals surface area (Å²) in [6, 6.07) is 4.47. The summed E-state index contributed by atoms with van der Waals surface area (Å²) in [6.07, 6.45) is 0.167. The molecule has 2 atom stereocenters. The summed E-state index contributed by atoms with van der Waals surface area (Å²) in [7, 11) is 1.71. The standard InChI is InChI=1S/C27H34F3N5O3/c1-17-24(26(36)34-10-6-21(7-11-34)33-22-8-12-38-15-23(22)37-2)31-16-32-25(17)35-9-5-18-13-20(27(28,29)30)4-3-19(18)14-35/h3-4,13,16,21-23,33H,5-12,14-15H2,1-2H3/t22-,23+/m0/s1. The molecule has 2 fully saturated rings. The Bertz CT molecular complexity index is 1150. The fraction of sp³-hybridized carbons (Fsp3) is 0.593. The highest BCUT2D eigenvalue weighted by Crippen LogP contribution is 2.33. The van der Waals surface area contributed by atoms with Crippen molar-refractivity contribution >= 4 is 11.7 Å². The molecule has 3 aliphatic heterocycles. The molecule has 38 heavy (non-hydrogen) atoms. The molecule has 1 aromatic heterocycles. The number of rotatable bonds is 5. The van der Waals surface area contributed by atoms with Gasteiger partial charge in [-0.2, -0.15) is 13.2 Å². The number of nitrogens with one attached hydrogen (secondary N) is 1. The zero-order chi connectivity index (χ0) is 26.9. The van der Waals surface area contributed by atoms with Crippen LogP contribution in [-0.4, -0.2) is 78.9 Å². The summed E-state index contributed by atoms with van der Waals surface area (Å²) in [6.45, 7) is 5.38. The molecule has 0 saturated carbocycles. The van der Waals surface area contributed by atoms with Crippen molar-refractivity contribution in [2.24, 2.45) is 0 Å². The van der Waals surface area contributed by atoms with Gasteiger partial charge in [-0.3, -0.25) is 4.79 Å². The normalized spacial score (nSPS) is 22.9. The van der Waals surface area contributed by atoms with Crippen LogP contribution in [0.25, 0.3) is 0 Å². The Kier molecular flexibility index (Phi) is 7.88. The van der Waals surface area contributed by atoms with Crippen LogP contribution in [-0.2, 0) is 28.6 Å². The van der Waals surface area contributed by atoms with Crippen LogP contribution >= 0.6 is 0 Å². The molecule has 5 rings (SSSR count). The van der Waals surface area contributed by atoms with Crippen LogP contribution < -0.4 is 10.2 Å². The minimum Gasteiger partial charge on any atom is -0.379 e. The predicted molar refractivity (Wildman–Crippen MR) is 135 cm³/mol. The van der Waals surface area contributed by atoms with E-state index >= 15 is 0 Å². The van der Waals surface area contributed by atoms with E-state index in [0.717, 1.165) is 37.5 Å². The van der Waals surface area contributed by atoms with Gasteiger partial charge in [-0.15, -0.1) is 0 Å². The molecule has 3 aliphatic rings. The van der Waals surface area contributed by atoms with Crippen molar-refractivity contribution in [2.75, 3.05) is 44.9 Å². The maximum atomic E-state index is 13.4. The summed E-state index contributed by atoms with van der Waals surface area (Å²) in [4.78, 5) is 26.1. The van der Waals surface area contributed by atoms with E-state index in [1.165, 1.54) is 12.4 Å². The van der Waals surface area contributed by atoms with Gasteiger partial charge in [0.25, 0.3) is 5.91 Å². The predicted octanol–water partition coefficient (Wildman–Crippen LogP) is 3.36. The Hall–Kier alpha value is -2.76. The third kappa shape index (κ3) is 5.64. The largest absolute Gasteiger partial charge is 0.416 e. The van der Waals surface area contributed by atoms with Crippen molar-refractivity contribution in [1.29, 1.82) is 0 Å². The lowest BCUT2D eigenvalue weighted by atomic mass is 9.96. The molecule has 2 aromatic rings. The van der Waals surface area contributed by atoms with Gasteiger partial charge >= 0.3 is 6.18 Å². The minimum absolute atomic E-state index is 0.0407. The Morgan fingerprint density at radius 2 is 1.92 bits per heavy atom. The molecule has 0 bridgehead atoms. The van der Waals surface area contributed by atoms with Crippen molar-refractivity contribution in [2.45, 2.75) is 63.5 Å². The van der Waals surface area contributed by atoms with E-state index in [-0.39, 0.29) is 18.1 Å². The van der Waals surface area contributed by atoms with Gasteiger partial charge in [-0.25, -0.2) is 9.97 Å². The van der Waals surface area contributed by atoms with Gasteiger partial charge in [0.2, 0.25) is 0 Å². The van der Waals surface area contributed by atoms with E-state index in [1.54, 1.807) is 13.2 Å². The average molecular weight is 534 g/mol. The van der Waals surface area contributed by atoms with Crippen molar-refractivity contribution in [3.8, 4) is 0 Å². The number of hydrogen-bond donors (Lipinski definition) is 1. The number of carbonyl (C=O) groups is 1. The Labute approximate surface area is 220 Å². The number of methoxy groups -OCH3 is 1. The fourth-order valence-electron chi connectivity index (χ4n) is 5.72. The molecular formula is C27H34F3N5O3. The van der Waals surface area contributed by atoms with Gasteiger partial charge in [0.1, 0.15) is 17.8 Å². The molecular weight excluding hydrogens is 499 g/mol. The van der Waals surface area contributed by atoms with Gasteiger partial charge < -0.3 is 24.6 Å². The molecule has 1 aromatic carbocycles. The SMILES string of the molecule is CO[C@@H]1COCC[C@@H]1NC1CCN(C(=O)c2ncnc(N3CCc4cc(C(F)(F)F)ccc4C3)c2C)CC1. The van der Waals surface area contributed by atoms with Crippen molar-refractivity contribution in [3.63, 3.8) is 0 Å². The number of nitrogens with zero attached hydrogens (tertiary/aromatic N) is 4. The second-order valence-corrected chi connectivity index (χ2v) is 10.3. The van der Waals surface area contributed by atoms with E-state index in [0.29, 0.717) is 67.9 Å². The molecule has 8 nitrogen and oxygen atoms in total. The number of ether oxygens (including phenoxy) is 2. The molecule has 0 aliphatic carbocycles. The van der Waals surface area contributed by atoms with Gasteiger partial charge in [0.05, 0.1) is 18.3 Å². The molecule has 2 saturated heterocycles. The van der Waals surface area contributed by atoms with Crippen LogP contribution in [0.5, 0.6) is 0 Å². The first-order valence-electron chi connectivity index (χ1n) is 13.2. The summed E-state index contributed by atoms with van der Waals surface area (Å²) in [5.41, 5.74) is 1.99. The van der Waals surface area contributed by atoms with Crippen LogP contribution in [0.3, 0.4) is 0 Å². The fourth-order valence-corrected chi connectivity index (χ4v) is 5.72. The summed E-state index contributed by atoms with van der Waals surface area (Å²) in [5.74, 6) is 0.535. The molecule has 1 amide bonds. The average Bonchev–Trinajstić information content (AvgIpc) is 2.92. The number of benzene rings is 1. The molecule has 0 spiro atoms. The van der Waals surface area contributed by atoms with Crippen LogP contribution in [0.4, 0.5) is 19.0 Å². The van der Waals surface area contributed by atoms with Crippen LogP contribution in [0, 0.1) is 6.92 Å². The number of piperidine rings is 1. The first-order valence-corrected chi connectivity index (χ1v) is 13.2. The summed E-state index contributed by atoms with van der Waals surface area (Å²) < 4.78 is 50.4. The highest BCUT2D eigenvalue weighted by Gasteiger charge is 2.33. The van der Waals surface area contributed by atoms with Gasteiger partial charge in [-0.1, -0.05) is 6.07 Å². The smallest absolute Gasteiger partial charge is 0.379 e. The van der Waals surface area contributed by atoms with E-state index in [4.69, 9.17) is 9.47 Å². The maximum absolute atomic E-state index is 13.4. The second-order valence-electron chi connectivity index (χ2n) is 10.3. The number of amides is 1. The number of likely N-dealkylation sites (tertiary alicyclic amines) is 1. The number of anilines is 1. The molecule has 1 N–H and O–H groups in total. The van der Waals surface area contributed by atoms with Crippen LogP contribution in [0.2, 0.25) is 0 Å². The number of halogens is 3. The third-order valence-electron chi connectivity index (χ3n) is 7.94. The Morgan fingerprint density at radius 3 is 2.66 bits per heavy atom. The number of aromatic nitrogens is 2. The number of alkyl halides is 3. The number of carbonyl (C=O) groups excluding carboxylic acids is 1. The molecule has 4 heterocycles. The lowest BCUT2D eigenvalue weighted by Crippen LogP contribution is -2.54. The summed E-state index contributed by atoms with van der Waals surface area (Å²) in [5, 5.41) is 3.70. The van der Waals surface area contributed by atoms with E-state index in [1.807, 2.05) is 16.7 Å². The van der Waals surface area contributed by atoms with Gasteiger partial charge in [0, 0.05) is 57.5 Å². The number of hydrogen-bond acceptors (Lipinski definition) is 7. The highest BCUT2D eigenvalue weighted by molar-refractivity contribution is 5.94. The maximum Gasteiger partial charge on any atom is 0.416 e. The Morgan fingerprint density at radius 1 is 1.13 bits per heavy atom. The van der Waals surface area contributed by atoms with Gasteiger partial charge in [0.15, 0.2) is 0 Å². The lowest BCUT2D eigenvalue weighted by molar-refractivity contribution is -0.137. The molecule has 11 heteroatoms. The number of fused-ring (bicyclic) bond motifs is 1. The zero-order valence-corrected chi connectivity index (χ0v) is 21.8. The van der Waals surface area contributed by atoms with Crippen molar-refractivity contribution < 1.29 is 27.4 Å². The lowest BCUT2D eigenvalue weighted by Gasteiger charge is -2.38. The monoisotopic (exact) mass is 533 g/mol. The van der Waals surface area contributed by atoms with Crippen LogP contribution in [0.15, 0.2) is 24.5 Å². The van der Waals surface area contributed by atoms with Crippen molar-refractivity contribution in [3.05, 3.63) is 52.5 Å². The Balaban J connectivity index is 1.23. The first kappa shape index (κ1) is 26.8. The molecule has 0 radical (unpaired) electrons. The van der Waals surface area contributed by atoms with E-state index in [2.05, 4.69) is 15.3 Å². The second kappa shape index (κ2) is 11.2. The first-order chi connectivity index (χ1) is 18.2. The van der Waals surface area contributed by atoms with E-state index in [9.17, 15) is 18.0 Å². The third-order valence-corrected chi connectivity index (χ3v) is 7.94. The van der Waals surface area contributed by atoms with Crippen molar-refractivity contribution in [1.82, 2.24) is 20.2 Å². The highest BCUT2D eigenvalue weighted by atomic mass is 19.4. The quantitative estimate of drug-likeness (QED) is 0.632. The zero-order valence-electron chi connectivity index (χ0n) is 21.8. The topological polar surface area (TPSA) is 79.8 Å². The summed E-state index contributed by atoms with van der Waals surface area (Å²) >= 11 is 0. The molecule has 206 valence electrons. The molecule has 0 unspecified atom stereocenters. The van der Waals surface area contributed by atoms with Crippen LogP contribution in [0.1, 0.15) is 52.0 Å².